The Balaban J connectivity index is 2.05. The molecule has 0 radical (unpaired) electrons. The van der Waals surface area contributed by atoms with Crippen LogP contribution in [-0.4, -0.2) is 16.9 Å². The minimum Gasteiger partial charge on any atom is -0.332 e. The molecular formula is C17H16ClN3O2S. The molecular weight excluding hydrogens is 346 g/mol. The van der Waals surface area contributed by atoms with Gasteiger partial charge in [0, 0.05) is 28.4 Å². The van der Waals surface area contributed by atoms with Crippen molar-refractivity contribution in [3.8, 4) is 0 Å². The first-order valence-electron chi connectivity index (χ1n) is 7.25. The number of thiocarbonyl (C=S) groups is 1. The Kier molecular flexibility index (Phi) is 6.28. The van der Waals surface area contributed by atoms with Crippen molar-refractivity contribution in [2.45, 2.75) is 13.3 Å². The largest absolute Gasteiger partial charge is 0.332 e. The second-order valence-corrected chi connectivity index (χ2v) is 5.75. The second-order valence-electron chi connectivity index (χ2n) is 4.90. The van der Waals surface area contributed by atoms with Crippen LogP contribution >= 0.6 is 23.8 Å². The summed E-state index contributed by atoms with van der Waals surface area (Å²) < 4.78 is 0. The summed E-state index contributed by atoms with van der Waals surface area (Å²) in [6.07, 6.45) is 0.337. The van der Waals surface area contributed by atoms with Crippen LogP contribution in [0.5, 0.6) is 0 Å². The van der Waals surface area contributed by atoms with Gasteiger partial charge in [0.1, 0.15) is 0 Å². The van der Waals surface area contributed by atoms with Gasteiger partial charge in [0.2, 0.25) is 5.91 Å². The lowest BCUT2D eigenvalue weighted by Gasteiger charge is -2.10. The van der Waals surface area contributed by atoms with Crippen molar-refractivity contribution in [1.82, 2.24) is 5.32 Å². The van der Waals surface area contributed by atoms with Crippen molar-refractivity contribution in [3.05, 3.63) is 59.1 Å². The van der Waals surface area contributed by atoms with E-state index < -0.39 is 0 Å². The minimum absolute atomic E-state index is 0.178. The van der Waals surface area contributed by atoms with Crippen LogP contribution in [0.15, 0.2) is 48.5 Å². The third-order valence-electron chi connectivity index (χ3n) is 3.04. The lowest BCUT2D eigenvalue weighted by atomic mass is 10.2. The fraction of sp³-hybridized carbons (Fsp3) is 0.118. The smallest absolute Gasteiger partial charge is 0.255 e. The molecule has 0 bridgehead atoms. The van der Waals surface area contributed by atoms with E-state index in [-0.39, 0.29) is 16.9 Å². The van der Waals surface area contributed by atoms with Crippen LogP contribution in [0.3, 0.4) is 0 Å². The van der Waals surface area contributed by atoms with Gasteiger partial charge < -0.3 is 16.0 Å². The average Bonchev–Trinajstić information content (AvgIpc) is 2.54. The predicted octanol–water partition coefficient (Wildman–Crippen LogP) is 3.82. The molecule has 2 aromatic rings. The SMILES string of the molecule is CCC(=O)NC(=S)Nc1cccc(C(=O)Nc2cccc(Cl)c2)c1. The highest BCUT2D eigenvalue weighted by molar-refractivity contribution is 7.80. The molecule has 3 N–H and O–H groups in total. The maximum absolute atomic E-state index is 12.3. The van der Waals surface area contributed by atoms with Gasteiger partial charge >= 0.3 is 0 Å². The molecule has 0 aliphatic rings. The molecule has 0 spiro atoms. The number of carbonyl (C=O) groups excluding carboxylic acids is 2. The van der Waals surface area contributed by atoms with Crippen molar-refractivity contribution in [2.24, 2.45) is 0 Å². The number of rotatable bonds is 4. The van der Waals surface area contributed by atoms with E-state index in [0.717, 1.165) is 0 Å². The van der Waals surface area contributed by atoms with E-state index >= 15 is 0 Å². The van der Waals surface area contributed by atoms with Gasteiger partial charge in [-0.15, -0.1) is 0 Å². The standard InChI is InChI=1S/C17H16ClN3O2S/c1-2-15(22)21-17(24)20-13-7-3-5-11(9-13)16(23)19-14-8-4-6-12(18)10-14/h3-10H,2H2,1H3,(H,19,23)(H2,20,21,22,24). The number of anilines is 2. The van der Waals surface area contributed by atoms with Gasteiger partial charge in [-0.2, -0.15) is 0 Å². The number of amides is 2. The quantitative estimate of drug-likeness (QED) is 0.724. The van der Waals surface area contributed by atoms with Crippen molar-refractivity contribution in [3.63, 3.8) is 0 Å². The normalized spacial score (nSPS) is 9.92. The summed E-state index contributed by atoms with van der Waals surface area (Å²) in [4.78, 5) is 23.6. The summed E-state index contributed by atoms with van der Waals surface area (Å²) in [5.74, 6) is -0.452. The first-order valence-corrected chi connectivity index (χ1v) is 8.04. The van der Waals surface area contributed by atoms with E-state index in [1.54, 1.807) is 55.5 Å². The van der Waals surface area contributed by atoms with Crippen LogP contribution in [0.4, 0.5) is 11.4 Å². The van der Waals surface area contributed by atoms with E-state index in [4.69, 9.17) is 23.8 Å². The highest BCUT2D eigenvalue weighted by Gasteiger charge is 2.08. The first-order chi connectivity index (χ1) is 11.5. The maximum atomic E-state index is 12.3. The minimum atomic E-state index is -0.274. The fourth-order valence-corrected chi connectivity index (χ4v) is 2.31. The molecule has 0 saturated heterocycles. The van der Waals surface area contributed by atoms with E-state index in [1.807, 2.05) is 0 Å². The summed E-state index contributed by atoms with van der Waals surface area (Å²) in [5.41, 5.74) is 1.66. The zero-order chi connectivity index (χ0) is 17.5. The molecule has 0 aromatic heterocycles. The molecule has 2 amide bonds. The van der Waals surface area contributed by atoms with Crippen LogP contribution in [0.2, 0.25) is 5.02 Å². The van der Waals surface area contributed by atoms with E-state index in [9.17, 15) is 9.59 Å². The molecule has 24 heavy (non-hydrogen) atoms. The van der Waals surface area contributed by atoms with E-state index in [1.165, 1.54) is 0 Å². The van der Waals surface area contributed by atoms with Gasteiger partial charge in [-0.1, -0.05) is 30.7 Å². The Hall–Kier alpha value is -2.44. The number of benzene rings is 2. The summed E-state index contributed by atoms with van der Waals surface area (Å²) in [6.45, 7) is 1.73. The van der Waals surface area contributed by atoms with Crippen molar-refractivity contribution < 1.29 is 9.59 Å². The van der Waals surface area contributed by atoms with Gasteiger partial charge in [0.25, 0.3) is 5.91 Å². The zero-order valence-corrected chi connectivity index (χ0v) is 14.5. The Morgan fingerprint density at radius 1 is 1.04 bits per heavy atom. The van der Waals surface area contributed by atoms with Crippen molar-refractivity contribution >= 4 is 52.1 Å². The summed E-state index contributed by atoms with van der Waals surface area (Å²) in [6, 6.07) is 13.7. The fourth-order valence-electron chi connectivity index (χ4n) is 1.89. The number of hydrogen-bond acceptors (Lipinski definition) is 3. The molecule has 0 fully saturated rings. The van der Waals surface area contributed by atoms with Crippen LogP contribution < -0.4 is 16.0 Å². The maximum Gasteiger partial charge on any atom is 0.255 e. The topological polar surface area (TPSA) is 70.2 Å². The summed E-state index contributed by atoms with van der Waals surface area (Å²) in [5, 5.41) is 8.91. The second kappa shape index (κ2) is 8.42. The Morgan fingerprint density at radius 2 is 1.71 bits per heavy atom. The lowest BCUT2D eigenvalue weighted by molar-refractivity contribution is -0.119. The van der Waals surface area contributed by atoms with Crippen LogP contribution in [-0.2, 0) is 4.79 Å². The van der Waals surface area contributed by atoms with Crippen LogP contribution in [0, 0.1) is 0 Å². The molecule has 0 heterocycles. The van der Waals surface area contributed by atoms with Crippen molar-refractivity contribution in [2.75, 3.05) is 10.6 Å². The van der Waals surface area contributed by atoms with Crippen molar-refractivity contribution in [1.29, 1.82) is 0 Å². The Morgan fingerprint density at radius 3 is 2.38 bits per heavy atom. The lowest BCUT2D eigenvalue weighted by Crippen LogP contribution is -2.33. The average molecular weight is 362 g/mol. The molecule has 7 heteroatoms. The monoisotopic (exact) mass is 361 g/mol. The molecule has 0 atom stereocenters. The summed E-state index contributed by atoms with van der Waals surface area (Å²) in [7, 11) is 0. The van der Waals surface area contributed by atoms with Gasteiger partial charge in [-0.3, -0.25) is 9.59 Å². The molecule has 2 aromatic carbocycles. The Labute approximate surface area is 150 Å². The highest BCUT2D eigenvalue weighted by Crippen LogP contribution is 2.17. The van der Waals surface area contributed by atoms with Gasteiger partial charge in [-0.05, 0) is 48.6 Å². The van der Waals surface area contributed by atoms with E-state index in [2.05, 4.69) is 16.0 Å². The molecule has 2 rings (SSSR count). The third-order valence-corrected chi connectivity index (χ3v) is 3.48. The number of hydrogen-bond donors (Lipinski definition) is 3. The predicted molar refractivity (Wildman–Crippen MR) is 101 cm³/mol. The molecule has 124 valence electrons. The number of halogens is 1. The van der Waals surface area contributed by atoms with Gasteiger partial charge in [-0.25, -0.2) is 0 Å². The number of nitrogens with one attached hydrogen (secondary N) is 3. The Bertz CT molecular complexity index is 780. The highest BCUT2D eigenvalue weighted by atomic mass is 35.5. The zero-order valence-electron chi connectivity index (χ0n) is 12.9. The van der Waals surface area contributed by atoms with Crippen LogP contribution in [0.25, 0.3) is 0 Å². The van der Waals surface area contributed by atoms with Gasteiger partial charge in [0.15, 0.2) is 5.11 Å². The van der Waals surface area contributed by atoms with E-state index in [0.29, 0.717) is 28.4 Å². The molecule has 0 saturated carbocycles. The van der Waals surface area contributed by atoms with Crippen LogP contribution in [0.1, 0.15) is 23.7 Å². The first kappa shape index (κ1) is 17.9. The number of carbonyl (C=O) groups is 2. The summed E-state index contributed by atoms with van der Waals surface area (Å²) >= 11 is 10.9. The molecule has 0 unspecified atom stereocenters. The molecule has 0 aliphatic carbocycles. The third kappa shape index (κ3) is 5.33. The van der Waals surface area contributed by atoms with Gasteiger partial charge in [0.05, 0.1) is 0 Å². The molecule has 5 nitrogen and oxygen atoms in total. The molecule has 0 aliphatic heterocycles.